The van der Waals surface area contributed by atoms with Gasteiger partial charge in [-0.3, -0.25) is 19.7 Å². The van der Waals surface area contributed by atoms with Crippen molar-refractivity contribution in [3.05, 3.63) is 128 Å². The molecule has 3 aromatic carbocycles. The van der Waals surface area contributed by atoms with Crippen LogP contribution < -0.4 is 26.0 Å². The molecule has 2 N–H and O–H groups in total. The molecule has 1 saturated heterocycles. The molecule has 0 aliphatic carbocycles. The molecule has 0 radical (unpaired) electrons. The number of hydrogen-bond acceptors (Lipinski definition) is 10. The average Bonchev–Trinajstić information content (AvgIpc) is 3.56. The van der Waals surface area contributed by atoms with Gasteiger partial charge in [0.1, 0.15) is 17.7 Å². The van der Waals surface area contributed by atoms with Gasteiger partial charge in [-0.2, -0.15) is 5.26 Å². The number of hydrogen-bond donors (Lipinski definition) is 2. The predicted octanol–water partition coefficient (Wildman–Crippen LogP) is 6.39. The van der Waals surface area contributed by atoms with Crippen molar-refractivity contribution in [1.82, 2.24) is 19.5 Å². The van der Waals surface area contributed by atoms with Crippen molar-refractivity contribution in [2.24, 2.45) is 0 Å². The Balaban J connectivity index is 1.60. The van der Waals surface area contributed by atoms with Gasteiger partial charge in [0.25, 0.3) is 14.1 Å². The van der Waals surface area contributed by atoms with Gasteiger partial charge in [-0.25, -0.2) is 9.46 Å². The van der Waals surface area contributed by atoms with E-state index in [4.69, 9.17) is 23.3 Å². The summed E-state index contributed by atoms with van der Waals surface area (Å²) in [5.74, 6) is 1.46. The van der Waals surface area contributed by atoms with Gasteiger partial charge < -0.3 is 23.3 Å². The first kappa shape index (κ1) is 39.9. The second kappa shape index (κ2) is 18.1. The number of aryl methyl sites for hydroxylation is 1. The van der Waals surface area contributed by atoms with Gasteiger partial charge in [0.15, 0.2) is 0 Å². The molecule has 0 bridgehead atoms. The topological polar surface area (TPSA) is 140 Å². The molecule has 2 heterocycles. The molecule has 53 heavy (non-hydrogen) atoms. The molecule has 1 aliphatic heterocycles. The Hall–Kier alpha value is -4.34. The minimum atomic E-state index is -1.64. The minimum absolute atomic E-state index is 0.0817. The molecule has 12 nitrogen and oxygen atoms in total. The number of nitrogens with one attached hydrogen (secondary N) is 2. The summed E-state index contributed by atoms with van der Waals surface area (Å²) in [6.07, 6.45) is 0.208. The number of rotatable bonds is 17. The van der Waals surface area contributed by atoms with Crippen molar-refractivity contribution < 1.29 is 23.3 Å². The maximum absolute atomic E-state index is 13.1. The normalized spacial score (nSPS) is 18.0. The van der Waals surface area contributed by atoms with E-state index < -0.39 is 43.7 Å². The lowest BCUT2D eigenvalue weighted by Gasteiger charge is -2.39. The summed E-state index contributed by atoms with van der Waals surface area (Å²) in [7, 11) is 1.64. The molecule has 1 aromatic heterocycles. The zero-order valence-corrected chi connectivity index (χ0v) is 32.3. The molecular formula is C40H50N5O7P. The van der Waals surface area contributed by atoms with Crippen LogP contribution in [-0.4, -0.2) is 65.9 Å². The van der Waals surface area contributed by atoms with Crippen LogP contribution in [0, 0.1) is 18.3 Å². The van der Waals surface area contributed by atoms with Crippen LogP contribution in [0.5, 0.6) is 11.5 Å². The van der Waals surface area contributed by atoms with Crippen LogP contribution in [0.25, 0.3) is 0 Å². The lowest BCUT2D eigenvalue weighted by Crippen LogP contribution is -2.49. The molecule has 0 amide bonds. The summed E-state index contributed by atoms with van der Waals surface area (Å²) in [4.78, 5) is 27.9. The van der Waals surface area contributed by atoms with E-state index >= 15 is 0 Å². The number of aromatic amines is 1. The van der Waals surface area contributed by atoms with Gasteiger partial charge in [-0.15, -0.1) is 0 Å². The van der Waals surface area contributed by atoms with Crippen LogP contribution in [-0.2, 0) is 19.3 Å². The molecule has 1 aliphatic rings. The molecule has 4 atom stereocenters. The fourth-order valence-electron chi connectivity index (χ4n) is 6.81. The quantitative estimate of drug-likeness (QED) is 0.0710. The zero-order chi connectivity index (χ0) is 38.1. The Morgan fingerprint density at radius 2 is 1.51 bits per heavy atom. The summed E-state index contributed by atoms with van der Waals surface area (Å²) >= 11 is 0. The van der Waals surface area contributed by atoms with Crippen LogP contribution in [0.3, 0.4) is 0 Å². The lowest BCUT2D eigenvalue weighted by atomic mass is 9.76. The molecule has 5 rings (SSSR count). The van der Waals surface area contributed by atoms with E-state index in [2.05, 4.69) is 60.9 Å². The maximum atomic E-state index is 13.1. The third kappa shape index (κ3) is 9.07. The van der Waals surface area contributed by atoms with E-state index in [0.717, 1.165) is 28.2 Å². The van der Waals surface area contributed by atoms with E-state index in [1.54, 1.807) is 21.1 Å². The number of methoxy groups -OCH3 is 2. The summed E-state index contributed by atoms with van der Waals surface area (Å²) in [5.41, 5.74) is 1.41. The third-order valence-corrected chi connectivity index (χ3v) is 11.5. The SMILES string of the molecule is COc1ccc(C(NC[C@H]2O[C@@H](n3cc(C)c(=O)[nH]c3=O)C[C@@H]2OP(OCCC#N)N(C(C)C)C(C)C)(c2ccccc2)c2ccc(OC)cc2)cc1. The number of H-pyrrole nitrogens is 1. The molecule has 1 unspecified atom stereocenters. The monoisotopic (exact) mass is 743 g/mol. The molecular weight excluding hydrogens is 693 g/mol. The van der Waals surface area contributed by atoms with Crippen LogP contribution in [0.2, 0.25) is 0 Å². The molecule has 4 aromatic rings. The zero-order valence-electron chi connectivity index (χ0n) is 31.4. The van der Waals surface area contributed by atoms with Crippen LogP contribution in [0.15, 0.2) is 94.6 Å². The van der Waals surface area contributed by atoms with Crippen molar-refractivity contribution in [3.63, 3.8) is 0 Å². The number of ether oxygens (including phenoxy) is 3. The number of nitriles is 1. The van der Waals surface area contributed by atoms with E-state index in [-0.39, 0.29) is 31.7 Å². The van der Waals surface area contributed by atoms with Gasteiger partial charge in [0, 0.05) is 36.8 Å². The van der Waals surface area contributed by atoms with Gasteiger partial charge in [0.05, 0.1) is 51.1 Å². The molecule has 0 spiro atoms. The fraction of sp³-hybridized carbons (Fsp3) is 0.425. The molecule has 13 heteroatoms. The highest BCUT2D eigenvalue weighted by atomic mass is 31.2. The second-order valence-corrected chi connectivity index (χ2v) is 14.9. The van der Waals surface area contributed by atoms with E-state index in [1.807, 2.05) is 66.7 Å². The largest absolute Gasteiger partial charge is 0.497 e. The van der Waals surface area contributed by atoms with Gasteiger partial charge >= 0.3 is 5.69 Å². The van der Waals surface area contributed by atoms with Crippen molar-refractivity contribution in [1.29, 1.82) is 5.26 Å². The fourth-order valence-corrected chi connectivity index (χ4v) is 8.56. The first-order valence-corrected chi connectivity index (χ1v) is 19.0. The van der Waals surface area contributed by atoms with Crippen molar-refractivity contribution in [3.8, 4) is 17.6 Å². The number of nitrogens with zero attached hydrogens (tertiary/aromatic N) is 3. The Morgan fingerprint density at radius 1 is 0.943 bits per heavy atom. The lowest BCUT2D eigenvalue weighted by molar-refractivity contribution is -0.0197. The first-order chi connectivity index (χ1) is 25.5. The summed E-state index contributed by atoms with van der Waals surface area (Å²) < 4.78 is 34.6. The average molecular weight is 744 g/mol. The molecule has 0 saturated carbocycles. The maximum Gasteiger partial charge on any atom is 0.330 e. The van der Waals surface area contributed by atoms with Gasteiger partial charge in [0.2, 0.25) is 0 Å². The first-order valence-electron chi connectivity index (χ1n) is 17.8. The van der Waals surface area contributed by atoms with Crippen LogP contribution >= 0.6 is 8.53 Å². The van der Waals surface area contributed by atoms with Crippen LogP contribution in [0.1, 0.15) is 69.0 Å². The Morgan fingerprint density at radius 3 is 2.04 bits per heavy atom. The number of benzene rings is 3. The van der Waals surface area contributed by atoms with Crippen molar-refractivity contribution in [2.45, 2.75) is 83.5 Å². The third-order valence-electron chi connectivity index (χ3n) is 9.35. The highest BCUT2D eigenvalue weighted by molar-refractivity contribution is 7.44. The number of aromatic nitrogens is 2. The summed E-state index contributed by atoms with van der Waals surface area (Å²) in [6.45, 7) is 10.5. The molecule has 1 fully saturated rings. The highest BCUT2D eigenvalue weighted by Crippen LogP contribution is 2.50. The molecule has 282 valence electrons. The Labute approximate surface area is 312 Å². The van der Waals surface area contributed by atoms with Crippen LogP contribution in [0.4, 0.5) is 0 Å². The van der Waals surface area contributed by atoms with E-state index in [9.17, 15) is 14.9 Å². The standard InChI is InChI=1S/C40H50N5O7P/c1-27(2)45(28(3)4)53(50-23-11-22-41)52-35-24-37(44-26-29(5)38(46)43-39(44)47)51-36(35)25-42-40(30-12-9-8-10-13-30,31-14-18-33(48-6)19-15-31)32-16-20-34(49-7)21-17-32/h8-10,12-21,26-28,35-37,42H,11,23-25H2,1-7H3,(H,43,46,47)/t35-,36+,37+,53?/m0/s1. The smallest absolute Gasteiger partial charge is 0.330 e. The summed E-state index contributed by atoms with van der Waals surface area (Å²) in [5, 5.41) is 13.2. The van der Waals surface area contributed by atoms with Gasteiger partial charge in [-0.05, 0) is 75.6 Å². The van der Waals surface area contributed by atoms with E-state index in [0.29, 0.717) is 12.0 Å². The van der Waals surface area contributed by atoms with E-state index in [1.165, 1.54) is 10.8 Å². The van der Waals surface area contributed by atoms with Crippen molar-refractivity contribution in [2.75, 3.05) is 27.4 Å². The predicted molar refractivity (Wildman–Crippen MR) is 205 cm³/mol. The highest BCUT2D eigenvalue weighted by Gasteiger charge is 2.44. The summed E-state index contributed by atoms with van der Waals surface area (Å²) in [6, 6.07) is 28.4. The van der Waals surface area contributed by atoms with Gasteiger partial charge in [-0.1, -0.05) is 54.6 Å². The van der Waals surface area contributed by atoms with Crippen molar-refractivity contribution >= 4 is 8.53 Å². The Bertz CT molecular complexity index is 1870. The second-order valence-electron chi connectivity index (χ2n) is 13.5. The minimum Gasteiger partial charge on any atom is -0.497 e. The Kier molecular flexibility index (Phi) is 13.6.